The van der Waals surface area contributed by atoms with Crippen molar-refractivity contribution in [3.63, 3.8) is 0 Å². The predicted molar refractivity (Wildman–Crippen MR) is 106 cm³/mol. The van der Waals surface area contributed by atoms with E-state index in [0.29, 0.717) is 6.07 Å². The van der Waals surface area contributed by atoms with Crippen LogP contribution in [0.25, 0.3) is 0 Å². The van der Waals surface area contributed by atoms with Crippen molar-refractivity contribution in [3.05, 3.63) is 69.0 Å². The molecule has 2 N–H and O–H groups in total. The quantitative estimate of drug-likeness (QED) is 0.505. The second-order valence-corrected chi connectivity index (χ2v) is 8.31. The van der Waals surface area contributed by atoms with Crippen LogP contribution in [0, 0.1) is 5.82 Å². The van der Waals surface area contributed by atoms with E-state index in [2.05, 4.69) is 5.32 Å². The molecule has 3 rings (SSSR count). The number of benzene rings is 2. The number of hydrogen-bond donors (Lipinski definition) is 2. The van der Waals surface area contributed by atoms with Crippen LogP contribution in [0.2, 0.25) is 10.0 Å². The Morgan fingerprint density at radius 2 is 1.81 bits per heavy atom. The number of nitrogens with one attached hydrogen (secondary N) is 1. The fourth-order valence-corrected chi connectivity index (χ4v) is 4.14. The molecule has 0 aromatic heterocycles. The average Bonchev–Trinajstić information content (AvgIpc) is 2.70. The Kier molecular flexibility index (Phi) is 6.84. The Morgan fingerprint density at radius 3 is 2.42 bits per heavy atom. The highest BCUT2D eigenvalue weighted by Crippen LogP contribution is 2.42. The predicted octanol–water partition coefficient (Wildman–Crippen LogP) is 6.27. The SMILES string of the molecule is O=C(NC(c1cccc(F)c1Cl)C1(O)CCC(F)CC1)c1cc(C(F)(F)F)ccc1Cl. The van der Waals surface area contributed by atoms with Gasteiger partial charge in [-0.3, -0.25) is 4.79 Å². The van der Waals surface area contributed by atoms with Gasteiger partial charge in [-0.25, -0.2) is 8.78 Å². The van der Waals surface area contributed by atoms with E-state index in [1.165, 1.54) is 12.1 Å². The van der Waals surface area contributed by atoms with Crippen LogP contribution in [0.15, 0.2) is 36.4 Å². The van der Waals surface area contributed by atoms with Gasteiger partial charge in [0, 0.05) is 0 Å². The Morgan fingerprint density at radius 1 is 1.16 bits per heavy atom. The molecule has 1 saturated carbocycles. The molecular weight excluding hydrogens is 464 g/mol. The highest BCUT2D eigenvalue weighted by molar-refractivity contribution is 6.34. The molecule has 3 nitrogen and oxygen atoms in total. The summed E-state index contributed by atoms with van der Waals surface area (Å²) in [6.45, 7) is 0. The molecule has 31 heavy (non-hydrogen) atoms. The number of amides is 1. The molecule has 1 aliphatic rings. The summed E-state index contributed by atoms with van der Waals surface area (Å²) in [5.74, 6) is -1.82. The molecule has 0 radical (unpaired) electrons. The second-order valence-electron chi connectivity index (χ2n) is 7.52. The van der Waals surface area contributed by atoms with Gasteiger partial charge in [0.1, 0.15) is 12.0 Å². The minimum atomic E-state index is -4.71. The average molecular weight is 482 g/mol. The van der Waals surface area contributed by atoms with Crippen molar-refractivity contribution in [2.24, 2.45) is 0 Å². The maximum atomic E-state index is 14.1. The zero-order valence-corrected chi connectivity index (χ0v) is 17.5. The van der Waals surface area contributed by atoms with Crippen LogP contribution >= 0.6 is 23.2 Å². The summed E-state index contributed by atoms with van der Waals surface area (Å²) in [5.41, 5.74) is -3.22. The van der Waals surface area contributed by atoms with Crippen LogP contribution in [-0.4, -0.2) is 22.8 Å². The lowest BCUT2D eigenvalue weighted by Crippen LogP contribution is -2.48. The van der Waals surface area contributed by atoms with Crippen LogP contribution in [0.5, 0.6) is 0 Å². The fourth-order valence-electron chi connectivity index (χ4n) is 3.70. The Balaban J connectivity index is 2.01. The standard InChI is InChI=1S/C21H18Cl2F5NO2/c22-15-5-4-11(21(26,27)28)10-14(15)19(30)29-18(13-2-1-3-16(25)17(13)23)20(31)8-6-12(24)7-9-20/h1-5,10,12,18,31H,6-9H2,(H,29,30). The summed E-state index contributed by atoms with van der Waals surface area (Å²) in [6, 6.07) is 4.73. The number of alkyl halides is 4. The Bertz CT molecular complexity index is 975. The van der Waals surface area contributed by atoms with Gasteiger partial charge in [-0.15, -0.1) is 0 Å². The molecule has 0 heterocycles. The van der Waals surface area contributed by atoms with Gasteiger partial charge >= 0.3 is 6.18 Å². The summed E-state index contributed by atoms with van der Waals surface area (Å²) in [4.78, 5) is 12.9. The van der Waals surface area contributed by atoms with Crippen molar-refractivity contribution in [3.8, 4) is 0 Å². The highest BCUT2D eigenvalue weighted by atomic mass is 35.5. The molecule has 0 bridgehead atoms. The third-order valence-corrected chi connectivity index (χ3v) is 6.15. The van der Waals surface area contributed by atoms with E-state index < -0.39 is 46.8 Å². The number of halogens is 7. The van der Waals surface area contributed by atoms with Crippen LogP contribution in [0.3, 0.4) is 0 Å². The Hall–Kier alpha value is -1.90. The summed E-state index contributed by atoms with van der Waals surface area (Å²) >= 11 is 12.0. The van der Waals surface area contributed by atoms with Crippen molar-refractivity contribution >= 4 is 29.1 Å². The first kappa shape index (κ1) is 23.8. The van der Waals surface area contributed by atoms with E-state index in [4.69, 9.17) is 23.2 Å². The van der Waals surface area contributed by atoms with Crippen LogP contribution in [0.1, 0.15) is 53.2 Å². The monoisotopic (exact) mass is 481 g/mol. The normalized spacial score (nSPS) is 22.8. The van der Waals surface area contributed by atoms with Crippen molar-refractivity contribution in [1.29, 1.82) is 0 Å². The molecule has 0 saturated heterocycles. The number of aliphatic hydroxyl groups is 1. The molecule has 0 aliphatic heterocycles. The smallest absolute Gasteiger partial charge is 0.387 e. The maximum absolute atomic E-state index is 14.1. The third kappa shape index (κ3) is 5.13. The Labute approximate surface area is 185 Å². The lowest BCUT2D eigenvalue weighted by atomic mass is 9.76. The first-order chi connectivity index (χ1) is 14.4. The molecule has 0 spiro atoms. The van der Waals surface area contributed by atoms with E-state index in [1.807, 2.05) is 0 Å². The van der Waals surface area contributed by atoms with Gasteiger partial charge in [0.2, 0.25) is 0 Å². The van der Waals surface area contributed by atoms with Crippen LogP contribution in [0.4, 0.5) is 22.0 Å². The molecular formula is C21H18Cl2F5NO2. The van der Waals surface area contributed by atoms with E-state index in [-0.39, 0.29) is 41.3 Å². The molecule has 1 amide bonds. The zero-order chi connectivity index (χ0) is 23.0. The molecule has 1 unspecified atom stereocenters. The van der Waals surface area contributed by atoms with Gasteiger partial charge in [-0.2, -0.15) is 13.2 Å². The molecule has 10 heteroatoms. The molecule has 2 aromatic rings. The maximum Gasteiger partial charge on any atom is 0.416 e. The van der Waals surface area contributed by atoms with E-state index in [1.54, 1.807) is 0 Å². The van der Waals surface area contributed by atoms with E-state index in [9.17, 15) is 31.9 Å². The van der Waals surface area contributed by atoms with Crippen molar-refractivity contribution < 1.29 is 31.9 Å². The topological polar surface area (TPSA) is 49.3 Å². The lowest BCUT2D eigenvalue weighted by Gasteiger charge is -2.41. The van der Waals surface area contributed by atoms with Gasteiger partial charge in [0.25, 0.3) is 5.91 Å². The van der Waals surface area contributed by atoms with Crippen molar-refractivity contribution in [2.45, 2.75) is 49.7 Å². The van der Waals surface area contributed by atoms with Gasteiger partial charge in [0.05, 0.1) is 32.8 Å². The highest BCUT2D eigenvalue weighted by Gasteiger charge is 2.43. The van der Waals surface area contributed by atoms with Gasteiger partial charge in [-0.1, -0.05) is 35.3 Å². The minimum Gasteiger partial charge on any atom is -0.387 e. The van der Waals surface area contributed by atoms with Crippen LogP contribution < -0.4 is 5.32 Å². The van der Waals surface area contributed by atoms with Gasteiger partial charge < -0.3 is 10.4 Å². The zero-order valence-electron chi connectivity index (χ0n) is 15.9. The first-order valence-electron chi connectivity index (χ1n) is 9.40. The van der Waals surface area contributed by atoms with E-state index in [0.717, 1.165) is 18.2 Å². The number of carbonyl (C=O) groups is 1. The molecule has 168 valence electrons. The molecule has 1 aliphatic carbocycles. The lowest BCUT2D eigenvalue weighted by molar-refractivity contribution is -0.137. The number of rotatable bonds is 4. The van der Waals surface area contributed by atoms with Crippen molar-refractivity contribution in [1.82, 2.24) is 5.32 Å². The first-order valence-corrected chi connectivity index (χ1v) is 10.2. The molecule has 1 atom stereocenters. The fraction of sp³-hybridized carbons (Fsp3) is 0.381. The van der Waals surface area contributed by atoms with Crippen LogP contribution in [-0.2, 0) is 6.18 Å². The van der Waals surface area contributed by atoms with Crippen molar-refractivity contribution in [2.75, 3.05) is 0 Å². The van der Waals surface area contributed by atoms with E-state index >= 15 is 0 Å². The molecule has 2 aromatic carbocycles. The number of hydrogen-bond acceptors (Lipinski definition) is 2. The summed E-state index contributed by atoms with van der Waals surface area (Å²) < 4.78 is 66.9. The molecule has 1 fully saturated rings. The summed E-state index contributed by atoms with van der Waals surface area (Å²) in [5, 5.41) is 13.0. The largest absolute Gasteiger partial charge is 0.416 e. The summed E-state index contributed by atoms with van der Waals surface area (Å²) in [7, 11) is 0. The second kappa shape index (κ2) is 8.92. The van der Waals surface area contributed by atoms with Gasteiger partial charge in [0.15, 0.2) is 0 Å². The third-order valence-electron chi connectivity index (χ3n) is 5.42. The van der Waals surface area contributed by atoms with Gasteiger partial charge in [-0.05, 0) is 55.5 Å². The minimum absolute atomic E-state index is 0.000119. The summed E-state index contributed by atoms with van der Waals surface area (Å²) in [6.07, 6.45) is -5.98. The number of carbonyl (C=O) groups excluding carboxylic acids is 1.